The van der Waals surface area contributed by atoms with Gasteiger partial charge in [-0.1, -0.05) is 6.92 Å². The Kier molecular flexibility index (Phi) is 13.4. The van der Waals surface area contributed by atoms with E-state index in [1.165, 1.54) is 12.8 Å². The van der Waals surface area contributed by atoms with Crippen molar-refractivity contribution < 1.29 is 24.2 Å². The number of likely N-dealkylation sites (N-methyl/N-ethyl adjacent to an activating group) is 1. The molecule has 1 aromatic rings. The Morgan fingerprint density at radius 2 is 1.90 bits per heavy atom. The maximum absolute atomic E-state index is 14.2. The van der Waals surface area contributed by atoms with E-state index >= 15 is 0 Å². The number of benzene rings is 1. The predicted molar refractivity (Wildman–Crippen MR) is 164 cm³/mol. The summed E-state index contributed by atoms with van der Waals surface area (Å²) in [5.41, 5.74) is 0.965. The number of nitrogens with one attached hydrogen (secondary N) is 1. The highest BCUT2D eigenvalue weighted by atomic mass is 16.5. The highest BCUT2D eigenvalue weighted by Crippen LogP contribution is 2.30. The van der Waals surface area contributed by atoms with E-state index in [1.807, 2.05) is 27.9 Å². The zero-order chi connectivity index (χ0) is 29.9. The Labute approximate surface area is 247 Å². The summed E-state index contributed by atoms with van der Waals surface area (Å²) in [6.07, 6.45) is 6.42. The third-order valence-corrected chi connectivity index (χ3v) is 8.10. The van der Waals surface area contributed by atoms with Crippen molar-refractivity contribution in [1.82, 2.24) is 14.7 Å². The minimum absolute atomic E-state index is 0.0242. The van der Waals surface area contributed by atoms with Crippen LogP contribution in [0.4, 0.5) is 5.69 Å². The fourth-order valence-corrected chi connectivity index (χ4v) is 5.37. The summed E-state index contributed by atoms with van der Waals surface area (Å²) in [5.74, 6) is 1.05. The lowest BCUT2D eigenvalue weighted by Crippen LogP contribution is -2.47. The topological polar surface area (TPSA) is 94.6 Å². The van der Waals surface area contributed by atoms with E-state index in [1.54, 1.807) is 23.1 Å². The number of aliphatic hydroxyl groups excluding tert-OH is 1. The maximum Gasteiger partial charge on any atom is 0.258 e. The minimum Gasteiger partial charge on any atom is -0.490 e. The van der Waals surface area contributed by atoms with Gasteiger partial charge in [-0.25, -0.2) is 0 Å². The molecule has 1 aliphatic carbocycles. The second-order valence-electron chi connectivity index (χ2n) is 12.6. The van der Waals surface area contributed by atoms with Gasteiger partial charge in [-0.3, -0.25) is 9.59 Å². The molecule has 9 nitrogen and oxygen atoms in total. The molecular weight excluding hydrogens is 520 g/mol. The first-order valence-corrected chi connectivity index (χ1v) is 15.5. The van der Waals surface area contributed by atoms with E-state index in [0.717, 1.165) is 51.2 Å². The van der Waals surface area contributed by atoms with Gasteiger partial charge in [0, 0.05) is 44.3 Å². The average molecular weight is 575 g/mol. The molecule has 3 rings (SSSR count). The van der Waals surface area contributed by atoms with Crippen LogP contribution in [0.2, 0.25) is 0 Å². The second-order valence-corrected chi connectivity index (χ2v) is 12.6. The van der Waals surface area contributed by atoms with E-state index < -0.39 is 6.04 Å². The van der Waals surface area contributed by atoms with Gasteiger partial charge in [-0.05, 0) is 104 Å². The standard InChI is InChI=1S/C32H54N4O5/c1-23-19-36(24(2)22-37)32(39)28-18-27(33-31(38)11-9-16-34(4)5)14-15-29(28)41-25(3)10-7-8-17-40-30(23)21-35(6)20-26-12-13-26/h14-15,18,23-26,30,37H,7-13,16-17,19-22H2,1-6H3,(H,33,38)/t23-,24-,25-,30+/m1/s1. The smallest absolute Gasteiger partial charge is 0.258 e. The number of aliphatic hydroxyl groups is 1. The van der Waals surface area contributed by atoms with Gasteiger partial charge in [0.1, 0.15) is 5.75 Å². The third-order valence-electron chi connectivity index (χ3n) is 8.10. The van der Waals surface area contributed by atoms with Gasteiger partial charge in [-0.15, -0.1) is 0 Å². The number of anilines is 1. The summed E-state index contributed by atoms with van der Waals surface area (Å²) in [6.45, 7) is 9.71. The Morgan fingerprint density at radius 3 is 2.59 bits per heavy atom. The van der Waals surface area contributed by atoms with Crippen LogP contribution in [0.15, 0.2) is 18.2 Å². The lowest BCUT2D eigenvalue weighted by atomic mass is 10.0. The first-order chi connectivity index (χ1) is 19.6. The van der Waals surface area contributed by atoms with Crippen LogP contribution < -0.4 is 10.1 Å². The fraction of sp³-hybridized carbons (Fsp3) is 0.750. The van der Waals surface area contributed by atoms with Crippen LogP contribution in [0.3, 0.4) is 0 Å². The molecule has 1 aliphatic heterocycles. The zero-order valence-electron chi connectivity index (χ0n) is 26.2. The molecule has 0 bridgehead atoms. The number of rotatable bonds is 11. The van der Waals surface area contributed by atoms with Crippen LogP contribution in [0.5, 0.6) is 5.75 Å². The van der Waals surface area contributed by atoms with Gasteiger partial charge < -0.3 is 34.6 Å². The van der Waals surface area contributed by atoms with Gasteiger partial charge in [-0.2, -0.15) is 0 Å². The summed E-state index contributed by atoms with van der Waals surface area (Å²) >= 11 is 0. The zero-order valence-corrected chi connectivity index (χ0v) is 26.2. The van der Waals surface area contributed by atoms with Crippen molar-refractivity contribution in [3.05, 3.63) is 23.8 Å². The molecule has 0 aromatic heterocycles. The van der Waals surface area contributed by atoms with E-state index in [2.05, 4.69) is 29.1 Å². The Hall–Kier alpha value is -2.20. The van der Waals surface area contributed by atoms with Crippen LogP contribution in [0.25, 0.3) is 0 Å². The number of fused-ring (bicyclic) bond motifs is 1. The molecule has 2 amide bonds. The summed E-state index contributed by atoms with van der Waals surface area (Å²) in [5, 5.41) is 13.1. The van der Waals surface area contributed by atoms with Gasteiger partial charge in [0.05, 0.1) is 30.4 Å². The number of hydrogen-bond acceptors (Lipinski definition) is 7. The number of carbonyl (C=O) groups excluding carboxylic acids is 2. The summed E-state index contributed by atoms with van der Waals surface area (Å²) in [7, 11) is 6.13. The molecule has 0 unspecified atom stereocenters. The van der Waals surface area contributed by atoms with Crippen molar-refractivity contribution in [2.24, 2.45) is 11.8 Å². The van der Waals surface area contributed by atoms with Crippen molar-refractivity contribution in [3.8, 4) is 5.75 Å². The molecule has 0 spiro atoms. The Balaban J connectivity index is 1.86. The maximum atomic E-state index is 14.2. The molecule has 232 valence electrons. The van der Waals surface area contributed by atoms with Crippen LogP contribution in [0, 0.1) is 11.8 Å². The van der Waals surface area contributed by atoms with Crippen molar-refractivity contribution >= 4 is 17.5 Å². The van der Waals surface area contributed by atoms with Crippen LogP contribution in [-0.4, -0.2) is 110 Å². The van der Waals surface area contributed by atoms with Gasteiger partial charge in [0.2, 0.25) is 5.91 Å². The Morgan fingerprint density at radius 1 is 1.15 bits per heavy atom. The summed E-state index contributed by atoms with van der Waals surface area (Å²) in [6, 6.07) is 4.92. The molecule has 1 heterocycles. The quantitative estimate of drug-likeness (QED) is 0.411. The summed E-state index contributed by atoms with van der Waals surface area (Å²) in [4.78, 5) is 33.0. The molecular formula is C32H54N4O5. The fourth-order valence-electron chi connectivity index (χ4n) is 5.37. The molecule has 0 radical (unpaired) electrons. The first kappa shape index (κ1) is 33.3. The molecule has 2 N–H and O–H groups in total. The molecule has 1 fully saturated rings. The highest BCUT2D eigenvalue weighted by Gasteiger charge is 2.31. The van der Waals surface area contributed by atoms with E-state index in [9.17, 15) is 14.7 Å². The second kappa shape index (κ2) is 16.4. The highest BCUT2D eigenvalue weighted by molar-refractivity contribution is 5.99. The van der Waals surface area contributed by atoms with Crippen molar-refractivity contribution in [3.63, 3.8) is 0 Å². The SMILES string of the molecule is C[C@@H]1CCCCO[C@@H](CN(C)CC2CC2)[C@H](C)CN([C@H](C)CO)C(=O)c2cc(NC(=O)CCCN(C)C)ccc2O1. The Bertz CT molecular complexity index is 969. The largest absolute Gasteiger partial charge is 0.490 e. The molecule has 2 aliphatic rings. The lowest BCUT2D eigenvalue weighted by Gasteiger charge is -2.36. The number of ether oxygens (including phenoxy) is 2. The van der Waals surface area contributed by atoms with Crippen molar-refractivity contribution in [1.29, 1.82) is 0 Å². The molecule has 9 heteroatoms. The normalized spacial score (nSPS) is 23.6. The number of carbonyl (C=O) groups is 2. The summed E-state index contributed by atoms with van der Waals surface area (Å²) < 4.78 is 12.7. The van der Waals surface area contributed by atoms with Crippen LogP contribution in [-0.2, 0) is 9.53 Å². The monoisotopic (exact) mass is 574 g/mol. The minimum atomic E-state index is -0.391. The van der Waals surface area contributed by atoms with Crippen molar-refractivity contribution in [2.75, 3.05) is 65.9 Å². The lowest BCUT2D eigenvalue weighted by molar-refractivity contribution is -0.116. The van der Waals surface area contributed by atoms with Gasteiger partial charge in [0.25, 0.3) is 5.91 Å². The average Bonchev–Trinajstić information content (AvgIpc) is 3.74. The number of amides is 2. The van der Waals surface area contributed by atoms with Gasteiger partial charge in [0.15, 0.2) is 0 Å². The third kappa shape index (κ3) is 11.2. The molecule has 1 saturated carbocycles. The van der Waals surface area contributed by atoms with Crippen LogP contribution in [0.1, 0.15) is 76.1 Å². The molecule has 0 saturated heterocycles. The van der Waals surface area contributed by atoms with E-state index in [-0.39, 0.29) is 36.5 Å². The van der Waals surface area contributed by atoms with Gasteiger partial charge >= 0.3 is 0 Å². The van der Waals surface area contributed by atoms with Crippen LogP contribution >= 0.6 is 0 Å². The predicted octanol–water partition coefficient (Wildman–Crippen LogP) is 4.10. The molecule has 1 aromatic carbocycles. The molecule has 4 atom stereocenters. The van der Waals surface area contributed by atoms with E-state index in [4.69, 9.17) is 9.47 Å². The number of nitrogens with zero attached hydrogens (tertiary/aromatic N) is 3. The molecule has 41 heavy (non-hydrogen) atoms. The number of hydrogen-bond donors (Lipinski definition) is 2. The van der Waals surface area contributed by atoms with E-state index in [0.29, 0.717) is 36.6 Å². The van der Waals surface area contributed by atoms with Crippen molar-refractivity contribution in [2.45, 2.75) is 84.0 Å². The first-order valence-electron chi connectivity index (χ1n) is 15.5.